The van der Waals surface area contributed by atoms with Crippen molar-refractivity contribution in [3.8, 4) is 0 Å². The molecule has 0 atom stereocenters. The van der Waals surface area contributed by atoms with Gasteiger partial charge in [0.1, 0.15) is 0 Å². The SMILES string of the molecule is CCC(=O)N1CCCN(C(=O)c2ccc(C(C)(C)C)cc2C)CC1. The molecule has 24 heavy (non-hydrogen) atoms. The maximum atomic E-state index is 12.9. The molecule has 0 saturated carbocycles. The third-order valence-electron chi connectivity index (χ3n) is 4.76. The molecule has 2 rings (SSSR count). The highest BCUT2D eigenvalue weighted by atomic mass is 16.2. The van der Waals surface area contributed by atoms with E-state index < -0.39 is 0 Å². The summed E-state index contributed by atoms with van der Waals surface area (Å²) < 4.78 is 0. The van der Waals surface area contributed by atoms with Gasteiger partial charge < -0.3 is 9.80 Å². The van der Waals surface area contributed by atoms with E-state index in [1.54, 1.807) is 0 Å². The molecular formula is C20H30N2O2. The van der Waals surface area contributed by atoms with Crippen molar-refractivity contribution in [2.45, 2.75) is 52.9 Å². The van der Waals surface area contributed by atoms with Crippen LogP contribution in [0.5, 0.6) is 0 Å². The predicted molar refractivity (Wildman–Crippen MR) is 97.3 cm³/mol. The normalized spacial score (nSPS) is 16.0. The van der Waals surface area contributed by atoms with E-state index in [-0.39, 0.29) is 17.2 Å². The molecule has 0 unspecified atom stereocenters. The van der Waals surface area contributed by atoms with Gasteiger partial charge in [-0.15, -0.1) is 0 Å². The van der Waals surface area contributed by atoms with Gasteiger partial charge in [-0.1, -0.05) is 39.8 Å². The quantitative estimate of drug-likeness (QED) is 0.834. The second-order valence-electron chi connectivity index (χ2n) is 7.66. The Hall–Kier alpha value is -1.84. The van der Waals surface area contributed by atoms with Crippen LogP contribution < -0.4 is 0 Å². The van der Waals surface area contributed by atoms with Crippen LogP contribution in [-0.4, -0.2) is 47.8 Å². The minimum atomic E-state index is 0.0793. The summed E-state index contributed by atoms with van der Waals surface area (Å²) in [6.45, 7) is 13.1. The number of aryl methyl sites for hydroxylation is 1. The molecule has 1 heterocycles. The predicted octanol–water partition coefficient (Wildman–Crippen LogP) is 3.38. The van der Waals surface area contributed by atoms with E-state index in [2.05, 4.69) is 32.9 Å². The molecule has 4 heteroatoms. The third kappa shape index (κ3) is 4.16. The van der Waals surface area contributed by atoms with Gasteiger partial charge in [0.15, 0.2) is 0 Å². The fourth-order valence-corrected chi connectivity index (χ4v) is 3.13. The molecule has 2 amide bonds. The Morgan fingerprint density at radius 1 is 1.04 bits per heavy atom. The Kier molecular flexibility index (Phi) is 5.68. The highest BCUT2D eigenvalue weighted by molar-refractivity contribution is 5.95. The van der Waals surface area contributed by atoms with Gasteiger partial charge in [0.05, 0.1) is 0 Å². The minimum Gasteiger partial charge on any atom is -0.341 e. The van der Waals surface area contributed by atoms with E-state index in [4.69, 9.17) is 0 Å². The van der Waals surface area contributed by atoms with Crippen molar-refractivity contribution in [2.24, 2.45) is 0 Å². The first kappa shape index (κ1) is 18.5. The lowest BCUT2D eigenvalue weighted by molar-refractivity contribution is -0.130. The van der Waals surface area contributed by atoms with Crippen LogP contribution in [0.4, 0.5) is 0 Å². The molecule has 1 aromatic rings. The van der Waals surface area contributed by atoms with E-state index in [1.807, 2.05) is 29.7 Å². The van der Waals surface area contributed by atoms with Crippen LogP contribution in [0, 0.1) is 6.92 Å². The van der Waals surface area contributed by atoms with E-state index in [0.29, 0.717) is 26.1 Å². The molecule has 1 aromatic carbocycles. The number of amides is 2. The monoisotopic (exact) mass is 330 g/mol. The average Bonchev–Trinajstić information content (AvgIpc) is 2.78. The number of benzene rings is 1. The Labute approximate surface area is 145 Å². The Morgan fingerprint density at radius 3 is 2.25 bits per heavy atom. The van der Waals surface area contributed by atoms with Gasteiger partial charge in [-0.2, -0.15) is 0 Å². The van der Waals surface area contributed by atoms with Crippen LogP contribution in [0.3, 0.4) is 0 Å². The van der Waals surface area contributed by atoms with Crippen LogP contribution in [0.15, 0.2) is 18.2 Å². The average molecular weight is 330 g/mol. The standard InChI is InChI=1S/C20H30N2O2/c1-6-18(23)21-10-7-11-22(13-12-21)19(24)17-9-8-16(14-15(17)2)20(3,4)5/h8-9,14H,6-7,10-13H2,1-5H3. The van der Waals surface area contributed by atoms with Crippen molar-refractivity contribution < 1.29 is 9.59 Å². The third-order valence-corrected chi connectivity index (χ3v) is 4.76. The highest BCUT2D eigenvalue weighted by Crippen LogP contribution is 2.25. The summed E-state index contributed by atoms with van der Waals surface area (Å²) in [6, 6.07) is 6.14. The topological polar surface area (TPSA) is 40.6 Å². The van der Waals surface area contributed by atoms with Crippen LogP contribution in [0.2, 0.25) is 0 Å². The highest BCUT2D eigenvalue weighted by Gasteiger charge is 2.24. The fraction of sp³-hybridized carbons (Fsp3) is 0.600. The molecular weight excluding hydrogens is 300 g/mol. The fourth-order valence-electron chi connectivity index (χ4n) is 3.13. The number of rotatable bonds is 2. The molecule has 0 radical (unpaired) electrons. The lowest BCUT2D eigenvalue weighted by Crippen LogP contribution is -2.37. The van der Waals surface area contributed by atoms with Gasteiger partial charge >= 0.3 is 0 Å². The van der Waals surface area contributed by atoms with Gasteiger partial charge in [-0.05, 0) is 36.0 Å². The van der Waals surface area contributed by atoms with Gasteiger partial charge in [0.2, 0.25) is 5.91 Å². The number of hydrogen-bond acceptors (Lipinski definition) is 2. The van der Waals surface area contributed by atoms with E-state index in [1.165, 1.54) is 5.56 Å². The molecule has 0 bridgehead atoms. The van der Waals surface area contributed by atoms with Crippen molar-refractivity contribution in [2.75, 3.05) is 26.2 Å². The van der Waals surface area contributed by atoms with Crippen molar-refractivity contribution in [1.82, 2.24) is 9.80 Å². The van der Waals surface area contributed by atoms with Crippen molar-refractivity contribution in [3.63, 3.8) is 0 Å². The first-order valence-electron chi connectivity index (χ1n) is 8.92. The summed E-state index contributed by atoms with van der Waals surface area (Å²) in [5, 5.41) is 0. The lowest BCUT2D eigenvalue weighted by Gasteiger charge is -2.24. The summed E-state index contributed by atoms with van der Waals surface area (Å²) in [7, 11) is 0. The second-order valence-corrected chi connectivity index (χ2v) is 7.66. The molecule has 132 valence electrons. The molecule has 1 saturated heterocycles. The smallest absolute Gasteiger partial charge is 0.254 e. The van der Waals surface area contributed by atoms with E-state index >= 15 is 0 Å². The van der Waals surface area contributed by atoms with E-state index in [0.717, 1.165) is 24.1 Å². The van der Waals surface area contributed by atoms with Crippen LogP contribution in [0.1, 0.15) is 62.0 Å². The summed E-state index contributed by atoms with van der Waals surface area (Å²) in [5.74, 6) is 0.258. The minimum absolute atomic E-state index is 0.0793. The van der Waals surface area contributed by atoms with Crippen molar-refractivity contribution in [3.05, 3.63) is 34.9 Å². The zero-order valence-electron chi connectivity index (χ0n) is 15.7. The summed E-state index contributed by atoms with van der Waals surface area (Å²) in [5.41, 5.74) is 3.12. The molecule has 1 aliphatic heterocycles. The van der Waals surface area contributed by atoms with Crippen LogP contribution >= 0.6 is 0 Å². The summed E-state index contributed by atoms with van der Waals surface area (Å²) in [4.78, 5) is 28.5. The molecule has 1 aliphatic rings. The zero-order valence-corrected chi connectivity index (χ0v) is 15.7. The van der Waals surface area contributed by atoms with Crippen LogP contribution in [0.25, 0.3) is 0 Å². The number of nitrogens with zero attached hydrogens (tertiary/aromatic N) is 2. The first-order valence-corrected chi connectivity index (χ1v) is 8.92. The summed E-state index contributed by atoms with van der Waals surface area (Å²) in [6.07, 6.45) is 1.37. The van der Waals surface area contributed by atoms with Gasteiger partial charge in [-0.3, -0.25) is 9.59 Å². The number of carbonyl (C=O) groups is 2. The largest absolute Gasteiger partial charge is 0.341 e. The van der Waals surface area contributed by atoms with Crippen molar-refractivity contribution in [1.29, 1.82) is 0 Å². The number of carbonyl (C=O) groups excluding carboxylic acids is 2. The Morgan fingerprint density at radius 2 is 1.67 bits per heavy atom. The molecule has 0 N–H and O–H groups in total. The second kappa shape index (κ2) is 7.37. The maximum absolute atomic E-state index is 12.9. The summed E-state index contributed by atoms with van der Waals surface area (Å²) >= 11 is 0. The number of hydrogen-bond donors (Lipinski definition) is 0. The van der Waals surface area contributed by atoms with Gasteiger partial charge in [0.25, 0.3) is 5.91 Å². The molecule has 0 aliphatic carbocycles. The molecule has 1 fully saturated rings. The molecule has 0 spiro atoms. The Balaban J connectivity index is 2.13. The Bertz CT molecular complexity index is 617. The lowest BCUT2D eigenvalue weighted by atomic mass is 9.85. The zero-order chi connectivity index (χ0) is 17.9. The first-order chi connectivity index (χ1) is 11.2. The van der Waals surface area contributed by atoms with Gasteiger partial charge in [-0.25, -0.2) is 0 Å². The molecule has 4 nitrogen and oxygen atoms in total. The van der Waals surface area contributed by atoms with Crippen LogP contribution in [-0.2, 0) is 10.2 Å². The molecule has 0 aromatic heterocycles. The van der Waals surface area contributed by atoms with E-state index in [9.17, 15) is 9.59 Å². The van der Waals surface area contributed by atoms with Crippen molar-refractivity contribution >= 4 is 11.8 Å². The van der Waals surface area contributed by atoms with Gasteiger partial charge in [0, 0.05) is 38.2 Å². The maximum Gasteiger partial charge on any atom is 0.254 e.